The second kappa shape index (κ2) is 8.70. The van der Waals surface area contributed by atoms with Crippen LogP contribution in [0.15, 0.2) is 83.4 Å². The fraction of sp³-hybridized carbons (Fsp3) is 0.0952. The van der Waals surface area contributed by atoms with Crippen molar-refractivity contribution < 1.29 is 14.1 Å². The molecule has 0 saturated heterocycles. The number of allylic oxidation sites excluding steroid dienone is 4. The summed E-state index contributed by atoms with van der Waals surface area (Å²) in [6, 6.07) is 21.4. The molecule has 0 fully saturated rings. The Morgan fingerprint density at radius 2 is 1.64 bits per heavy atom. The first-order valence-electron chi connectivity index (χ1n) is 7.79. The Labute approximate surface area is 165 Å². The van der Waals surface area contributed by atoms with Gasteiger partial charge >= 0.3 is 141 Å². The molecule has 0 atom stereocenters. The number of pyridine rings is 1. The van der Waals surface area contributed by atoms with Gasteiger partial charge < -0.3 is 0 Å². The van der Waals surface area contributed by atoms with Gasteiger partial charge in [0.1, 0.15) is 0 Å². The van der Waals surface area contributed by atoms with Gasteiger partial charge in [-0.05, 0) is 0 Å². The molecule has 0 bridgehead atoms. The zero-order chi connectivity index (χ0) is 15.6. The second-order valence-corrected chi connectivity index (χ2v) is 8.78. The fourth-order valence-corrected chi connectivity index (χ4v) is 5.61. The fourth-order valence-electron chi connectivity index (χ4n) is 3.01. The molecule has 25 heavy (non-hydrogen) atoms. The van der Waals surface area contributed by atoms with E-state index in [4.69, 9.17) is 0 Å². The van der Waals surface area contributed by atoms with Gasteiger partial charge in [-0.25, -0.2) is 0 Å². The topological polar surface area (TPSA) is 12.9 Å². The molecule has 1 nitrogen and oxygen atoms in total. The quantitative estimate of drug-likeness (QED) is 0.538. The molecule has 0 amide bonds. The van der Waals surface area contributed by atoms with Gasteiger partial charge in [0.15, 0.2) is 0 Å². The van der Waals surface area contributed by atoms with Crippen molar-refractivity contribution in [2.75, 3.05) is 0 Å². The number of benzene rings is 2. The van der Waals surface area contributed by atoms with E-state index in [0.717, 1.165) is 6.42 Å². The predicted octanol–water partition coefficient (Wildman–Crippen LogP) is 5.74. The van der Waals surface area contributed by atoms with Crippen LogP contribution in [0, 0.1) is 0 Å². The molecule has 129 valence electrons. The summed E-state index contributed by atoms with van der Waals surface area (Å²) < 4.78 is 3.03. The number of para-hydroxylation sites is 1. The van der Waals surface area contributed by atoms with Gasteiger partial charge in [-0.1, -0.05) is 0 Å². The third-order valence-corrected chi connectivity index (χ3v) is 7.48. The van der Waals surface area contributed by atoms with Crippen LogP contribution in [0.5, 0.6) is 0 Å². The van der Waals surface area contributed by atoms with Crippen LogP contribution in [0.2, 0.25) is 5.79 Å². The van der Waals surface area contributed by atoms with Crippen LogP contribution in [0.25, 0.3) is 16.5 Å². The minimum atomic E-state index is -1.02. The van der Waals surface area contributed by atoms with E-state index in [-0.39, 0.29) is 24.8 Å². The van der Waals surface area contributed by atoms with E-state index in [1.807, 2.05) is 12.3 Å². The molecule has 0 radical (unpaired) electrons. The number of fused-ring (bicyclic) bond motifs is 1. The Kier molecular flexibility index (Phi) is 6.88. The second-order valence-electron chi connectivity index (χ2n) is 5.68. The van der Waals surface area contributed by atoms with Crippen LogP contribution < -0.4 is 4.43 Å². The van der Waals surface area contributed by atoms with Crippen molar-refractivity contribution in [2.24, 2.45) is 0 Å². The molecule has 1 heterocycles. The van der Waals surface area contributed by atoms with E-state index in [2.05, 4.69) is 77.5 Å². The monoisotopic (exact) mass is 408 g/mol. The minimum absolute atomic E-state index is 0. The van der Waals surface area contributed by atoms with Gasteiger partial charge in [-0.2, -0.15) is 0 Å². The van der Waals surface area contributed by atoms with Crippen LogP contribution in [-0.2, 0) is 14.1 Å². The molecule has 1 aromatic heterocycles. The summed E-state index contributed by atoms with van der Waals surface area (Å²) in [5, 5.41) is 1.25. The molecule has 3 aromatic rings. The predicted molar refractivity (Wildman–Crippen MR) is 109 cm³/mol. The van der Waals surface area contributed by atoms with Crippen molar-refractivity contribution in [1.29, 1.82) is 0 Å². The molecule has 0 aliphatic heterocycles. The average molecular weight is 409 g/mol. The SMILES string of the molecule is Cl.Cl.[CH3][Cr]([C]1=CC(c2ccccc2)=CC1)[c]1cccc2cccnc12. The van der Waals surface area contributed by atoms with E-state index >= 15 is 0 Å². The Morgan fingerprint density at radius 1 is 0.880 bits per heavy atom. The van der Waals surface area contributed by atoms with Crippen molar-refractivity contribution in [3.8, 4) is 0 Å². The van der Waals surface area contributed by atoms with E-state index in [1.54, 1.807) is 4.44 Å². The van der Waals surface area contributed by atoms with Crippen LogP contribution >= 0.6 is 24.8 Å². The third kappa shape index (κ3) is 4.00. The number of halogens is 2. The molecule has 0 N–H and O–H groups in total. The number of nitrogens with zero attached hydrogens (tertiary/aromatic N) is 1. The Bertz CT molecular complexity index is 914. The van der Waals surface area contributed by atoms with Crippen molar-refractivity contribution in [1.82, 2.24) is 4.98 Å². The van der Waals surface area contributed by atoms with Crippen LogP contribution in [-0.4, -0.2) is 4.98 Å². The first-order valence-corrected chi connectivity index (χ1v) is 10.3. The summed E-state index contributed by atoms with van der Waals surface area (Å²) in [5.41, 5.74) is 3.86. The summed E-state index contributed by atoms with van der Waals surface area (Å²) >= 11 is -1.02. The zero-order valence-corrected chi connectivity index (χ0v) is 16.8. The van der Waals surface area contributed by atoms with Gasteiger partial charge in [0, 0.05) is 0 Å². The molecule has 0 saturated carbocycles. The van der Waals surface area contributed by atoms with E-state index in [9.17, 15) is 0 Å². The normalized spacial score (nSPS) is 13.0. The van der Waals surface area contributed by atoms with E-state index in [0.29, 0.717) is 0 Å². The maximum atomic E-state index is 4.64. The van der Waals surface area contributed by atoms with Crippen LogP contribution in [0.3, 0.4) is 0 Å². The molecule has 1 aliphatic carbocycles. The first-order chi connectivity index (χ1) is 11.3. The Morgan fingerprint density at radius 3 is 2.44 bits per heavy atom. The standard InChI is InChI=1S/C11H9.C9H6N.CH3.2ClH.Cr/c1-2-6-10(7-3-1)11-8-4-5-9-11;1-2-6-9-8(4-1)5-3-7-10-9;;;;/h1-3,6-9H,4H2;1-5,7H;1H3;2*1H;. The Balaban J connectivity index is 0.00000113. The molecular weight excluding hydrogens is 389 g/mol. The maximum absolute atomic E-state index is 4.64. The van der Waals surface area contributed by atoms with Gasteiger partial charge in [0.25, 0.3) is 0 Å². The summed E-state index contributed by atoms with van der Waals surface area (Å²) in [4.78, 5) is 4.64. The average Bonchev–Trinajstić information content (AvgIpc) is 3.11. The van der Waals surface area contributed by atoms with Crippen LogP contribution in [0.1, 0.15) is 12.0 Å². The first kappa shape index (κ1) is 19.8. The zero-order valence-electron chi connectivity index (χ0n) is 13.9. The molecule has 1 aliphatic rings. The molecular formula is C21H20Cl2CrN. The number of rotatable bonds is 3. The molecule has 4 heteroatoms. The van der Waals surface area contributed by atoms with Crippen molar-refractivity contribution in [3.63, 3.8) is 0 Å². The summed E-state index contributed by atoms with van der Waals surface area (Å²) in [6.45, 7) is 0. The number of aromatic nitrogens is 1. The molecule has 2 aromatic carbocycles. The van der Waals surface area contributed by atoms with E-state index in [1.165, 1.54) is 26.5 Å². The van der Waals surface area contributed by atoms with Crippen molar-refractivity contribution in [3.05, 3.63) is 89.0 Å². The summed E-state index contributed by atoms with van der Waals surface area (Å²) in [5.74, 6) is 2.41. The van der Waals surface area contributed by atoms with E-state index < -0.39 is 14.1 Å². The van der Waals surface area contributed by atoms with Gasteiger partial charge in [0.05, 0.1) is 0 Å². The molecule has 4 rings (SSSR count). The van der Waals surface area contributed by atoms with Gasteiger partial charge in [0.2, 0.25) is 0 Å². The summed E-state index contributed by atoms with van der Waals surface area (Å²) in [7, 11) is 0. The van der Waals surface area contributed by atoms with Gasteiger partial charge in [-0.3, -0.25) is 0 Å². The molecule has 0 spiro atoms. The summed E-state index contributed by atoms with van der Waals surface area (Å²) in [6.07, 6.45) is 7.75. The Hall–Kier alpha value is -1.56. The number of hydrogen-bond donors (Lipinski definition) is 0. The van der Waals surface area contributed by atoms with Crippen molar-refractivity contribution in [2.45, 2.75) is 12.2 Å². The van der Waals surface area contributed by atoms with Crippen molar-refractivity contribution >= 4 is 45.7 Å². The number of hydrogen-bond acceptors (Lipinski definition) is 1. The third-order valence-electron chi connectivity index (χ3n) is 4.27. The van der Waals surface area contributed by atoms with Crippen LogP contribution in [0.4, 0.5) is 0 Å². The molecule has 0 unspecified atom stereocenters. The van der Waals surface area contributed by atoms with Gasteiger partial charge in [-0.15, -0.1) is 24.8 Å².